The molecule has 0 spiro atoms. The molecule has 0 saturated heterocycles. The van der Waals surface area contributed by atoms with Crippen LogP contribution in [0.15, 0.2) is 72.8 Å². The predicted octanol–water partition coefficient (Wildman–Crippen LogP) is 5.22. The number of halogens is 1. The van der Waals surface area contributed by atoms with E-state index in [0.29, 0.717) is 12.1 Å². The Morgan fingerprint density at radius 1 is 0.857 bits per heavy atom. The highest BCUT2D eigenvalue weighted by Gasteiger charge is 2.08. The fraction of sp³-hybridized carbons (Fsp3) is 0.130. The molecule has 0 unspecified atom stereocenters. The third-order valence-corrected chi connectivity index (χ3v) is 5.29. The van der Waals surface area contributed by atoms with Crippen LogP contribution in [0, 0.1) is 3.57 Å². The van der Waals surface area contributed by atoms with Gasteiger partial charge in [0.25, 0.3) is 5.91 Å². The van der Waals surface area contributed by atoms with Crippen molar-refractivity contribution in [3.63, 3.8) is 0 Å². The zero-order valence-electron chi connectivity index (χ0n) is 15.3. The van der Waals surface area contributed by atoms with E-state index in [-0.39, 0.29) is 5.91 Å². The van der Waals surface area contributed by atoms with E-state index in [1.54, 1.807) is 0 Å². The molecule has 0 aliphatic heterocycles. The molecule has 0 radical (unpaired) electrons. The molecule has 1 heterocycles. The number of fused-ring (bicyclic) bond motifs is 2. The fourth-order valence-electron chi connectivity index (χ4n) is 3.27. The molecule has 0 saturated carbocycles. The molecule has 3 aromatic carbocycles. The fourth-order valence-corrected chi connectivity index (χ4v) is 3.81. The Morgan fingerprint density at radius 2 is 1.54 bits per heavy atom. The number of hydrogen-bond donors (Lipinski definition) is 2. The second kappa shape index (κ2) is 8.56. The lowest BCUT2D eigenvalue weighted by atomic mass is 10.1. The van der Waals surface area contributed by atoms with Crippen LogP contribution in [-0.4, -0.2) is 24.0 Å². The Kier molecular flexibility index (Phi) is 5.71. The lowest BCUT2D eigenvalue weighted by molar-refractivity contribution is 0.0953. The van der Waals surface area contributed by atoms with Crippen LogP contribution in [0.25, 0.3) is 21.8 Å². The second-order valence-electron chi connectivity index (χ2n) is 6.57. The highest BCUT2D eigenvalue weighted by molar-refractivity contribution is 14.1. The smallest absolute Gasteiger partial charge is 0.251 e. The molecule has 4 aromatic rings. The Bertz CT molecular complexity index is 1090. The quantitative estimate of drug-likeness (QED) is 0.227. The topological polar surface area (TPSA) is 54.0 Å². The van der Waals surface area contributed by atoms with Gasteiger partial charge in [0.15, 0.2) is 0 Å². The van der Waals surface area contributed by atoms with Gasteiger partial charge in [-0.1, -0.05) is 42.5 Å². The number of para-hydroxylation sites is 2. The van der Waals surface area contributed by atoms with Crippen LogP contribution in [0.4, 0.5) is 5.69 Å². The van der Waals surface area contributed by atoms with Crippen molar-refractivity contribution in [3.8, 4) is 0 Å². The molecule has 2 N–H and O–H groups in total. The summed E-state index contributed by atoms with van der Waals surface area (Å²) in [6.07, 6.45) is 0.834. The maximum atomic E-state index is 12.2. The van der Waals surface area contributed by atoms with E-state index in [1.807, 2.05) is 60.7 Å². The number of rotatable bonds is 6. The first-order valence-electron chi connectivity index (χ1n) is 9.27. The molecule has 5 heteroatoms. The molecule has 0 aliphatic rings. The van der Waals surface area contributed by atoms with E-state index in [4.69, 9.17) is 4.98 Å². The molecule has 4 nitrogen and oxygen atoms in total. The molecule has 0 atom stereocenters. The number of hydrogen-bond acceptors (Lipinski definition) is 3. The molecule has 0 aliphatic carbocycles. The molecule has 140 valence electrons. The zero-order chi connectivity index (χ0) is 19.3. The van der Waals surface area contributed by atoms with Crippen molar-refractivity contribution in [2.75, 3.05) is 18.4 Å². The summed E-state index contributed by atoms with van der Waals surface area (Å²) in [5, 5.41) is 8.78. The maximum absolute atomic E-state index is 12.2. The van der Waals surface area contributed by atoms with Crippen molar-refractivity contribution >= 4 is 56.0 Å². The van der Waals surface area contributed by atoms with E-state index in [9.17, 15) is 4.79 Å². The van der Waals surface area contributed by atoms with Crippen LogP contribution in [0.3, 0.4) is 0 Å². The van der Waals surface area contributed by atoms with Crippen LogP contribution in [0.1, 0.15) is 16.8 Å². The molecule has 1 aromatic heterocycles. The SMILES string of the molecule is O=C(NCCCNc1c2ccccc2nc2ccccc12)c1cccc([125I])c1. The highest BCUT2D eigenvalue weighted by atomic mass is 125. The minimum Gasteiger partial charge on any atom is -0.384 e. The van der Waals surface area contributed by atoms with Gasteiger partial charge in [-0.3, -0.25) is 4.79 Å². The Hall–Kier alpha value is -2.67. The largest absolute Gasteiger partial charge is 0.384 e. The number of benzene rings is 3. The summed E-state index contributed by atoms with van der Waals surface area (Å²) < 4.78 is 1.06. The standard InChI is InChI=1S/C23H20IN3O/c24-17-8-5-7-16(15-17)23(28)26-14-6-13-25-22-18-9-1-3-11-20(18)27-21-12-4-2-10-19(21)22/h1-5,7-12,15H,6,13-14H2,(H,25,27)(H,26,28)/i24-2. The highest BCUT2D eigenvalue weighted by Crippen LogP contribution is 2.30. The third kappa shape index (κ3) is 4.09. The number of amides is 1. The molecular weight excluding hydrogens is 459 g/mol. The van der Waals surface area contributed by atoms with Crippen molar-refractivity contribution in [1.82, 2.24) is 10.3 Å². The molecule has 28 heavy (non-hydrogen) atoms. The van der Waals surface area contributed by atoms with Crippen molar-refractivity contribution in [2.24, 2.45) is 0 Å². The number of nitrogens with zero attached hydrogens (tertiary/aromatic N) is 1. The Morgan fingerprint density at radius 3 is 2.21 bits per heavy atom. The lowest BCUT2D eigenvalue weighted by Gasteiger charge is -2.13. The summed E-state index contributed by atoms with van der Waals surface area (Å²) >= 11 is 2.21. The molecule has 1 amide bonds. The molecular formula is C23H20IN3O. The zero-order valence-corrected chi connectivity index (χ0v) is 17.4. The minimum atomic E-state index is -0.0293. The van der Waals surface area contributed by atoms with Gasteiger partial charge < -0.3 is 10.6 Å². The summed E-state index contributed by atoms with van der Waals surface area (Å²) in [5.41, 5.74) is 3.77. The summed E-state index contributed by atoms with van der Waals surface area (Å²) in [7, 11) is 0. The first-order valence-corrected chi connectivity index (χ1v) is 10.4. The first-order chi connectivity index (χ1) is 13.7. The van der Waals surface area contributed by atoms with Gasteiger partial charge >= 0.3 is 0 Å². The van der Waals surface area contributed by atoms with E-state index < -0.39 is 0 Å². The summed E-state index contributed by atoms with van der Waals surface area (Å²) in [6, 6.07) is 23.9. The van der Waals surface area contributed by atoms with E-state index in [0.717, 1.165) is 44.0 Å². The Balaban J connectivity index is 1.42. The van der Waals surface area contributed by atoms with Crippen molar-refractivity contribution in [3.05, 3.63) is 81.9 Å². The van der Waals surface area contributed by atoms with Crippen molar-refractivity contribution in [2.45, 2.75) is 6.42 Å². The van der Waals surface area contributed by atoms with Gasteiger partial charge in [0, 0.05) is 33.0 Å². The number of nitrogens with one attached hydrogen (secondary N) is 2. The van der Waals surface area contributed by atoms with Gasteiger partial charge in [-0.15, -0.1) is 0 Å². The van der Waals surface area contributed by atoms with Gasteiger partial charge in [-0.05, 0) is 59.3 Å². The van der Waals surface area contributed by atoms with Crippen LogP contribution < -0.4 is 10.6 Å². The summed E-state index contributed by atoms with van der Waals surface area (Å²) in [6.45, 7) is 1.39. The van der Waals surface area contributed by atoms with E-state index >= 15 is 0 Å². The number of pyridine rings is 1. The van der Waals surface area contributed by atoms with Crippen LogP contribution >= 0.6 is 22.6 Å². The number of aromatic nitrogens is 1. The predicted molar refractivity (Wildman–Crippen MR) is 124 cm³/mol. The molecule has 4 rings (SSSR count). The van der Waals surface area contributed by atoms with E-state index in [2.05, 4.69) is 45.4 Å². The summed E-state index contributed by atoms with van der Waals surface area (Å²) in [4.78, 5) is 17.0. The first kappa shape index (κ1) is 18.7. The average Bonchev–Trinajstić information content (AvgIpc) is 2.72. The summed E-state index contributed by atoms with van der Waals surface area (Å²) in [5.74, 6) is -0.0293. The lowest BCUT2D eigenvalue weighted by Crippen LogP contribution is -2.25. The van der Waals surface area contributed by atoms with E-state index in [1.165, 1.54) is 0 Å². The number of anilines is 1. The van der Waals surface area contributed by atoms with Gasteiger partial charge in [0.05, 0.1) is 16.7 Å². The van der Waals surface area contributed by atoms with Gasteiger partial charge in [-0.25, -0.2) is 4.98 Å². The Labute approximate surface area is 177 Å². The number of carbonyl (C=O) groups excluding carboxylic acids is 1. The van der Waals surface area contributed by atoms with Crippen LogP contribution in [0.5, 0.6) is 0 Å². The molecule has 0 fully saturated rings. The molecule has 0 bridgehead atoms. The van der Waals surface area contributed by atoms with Gasteiger partial charge in [0.2, 0.25) is 0 Å². The van der Waals surface area contributed by atoms with Crippen molar-refractivity contribution in [1.29, 1.82) is 0 Å². The van der Waals surface area contributed by atoms with Crippen molar-refractivity contribution < 1.29 is 4.79 Å². The van der Waals surface area contributed by atoms with Crippen LogP contribution in [0.2, 0.25) is 0 Å². The maximum Gasteiger partial charge on any atom is 0.251 e. The number of carbonyl (C=O) groups is 1. The normalized spacial score (nSPS) is 10.9. The third-order valence-electron chi connectivity index (χ3n) is 4.62. The van der Waals surface area contributed by atoms with Gasteiger partial charge in [0.1, 0.15) is 0 Å². The minimum absolute atomic E-state index is 0.0293. The van der Waals surface area contributed by atoms with Gasteiger partial charge in [-0.2, -0.15) is 0 Å². The second-order valence-corrected chi connectivity index (χ2v) is 7.81. The van der Waals surface area contributed by atoms with Crippen LogP contribution in [-0.2, 0) is 0 Å². The average molecular weight is 479 g/mol. The monoisotopic (exact) mass is 479 g/mol.